The van der Waals surface area contributed by atoms with Crippen LogP contribution < -0.4 is 5.32 Å². The lowest BCUT2D eigenvalue weighted by molar-refractivity contribution is -0.384. The van der Waals surface area contributed by atoms with Crippen LogP contribution in [0.25, 0.3) is 0 Å². The molecular weight excluding hydrogens is 274 g/mol. The van der Waals surface area contributed by atoms with Gasteiger partial charge in [0.2, 0.25) is 0 Å². The maximum Gasteiger partial charge on any atom is 0.322 e. The number of carbonyl (C=O) groups is 1. The van der Waals surface area contributed by atoms with E-state index in [1.807, 2.05) is 0 Å². The summed E-state index contributed by atoms with van der Waals surface area (Å²) in [6.07, 6.45) is 0. The van der Waals surface area contributed by atoms with Gasteiger partial charge in [0.05, 0.1) is 28.8 Å². The third-order valence-electron chi connectivity index (χ3n) is 2.70. The van der Waals surface area contributed by atoms with Crippen molar-refractivity contribution in [2.24, 2.45) is 0 Å². The van der Waals surface area contributed by atoms with Crippen LogP contribution >= 0.6 is 11.6 Å². The Hall–Kier alpha value is -1.86. The van der Waals surface area contributed by atoms with E-state index in [0.29, 0.717) is 32.0 Å². The number of carbonyl (C=O) groups excluding carboxylic acids is 1. The van der Waals surface area contributed by atoms with Crippen molar-refractivity contribution >= 4 is 29.0 Å². The fourth-order valence-corrected chi connectivity index (χ4v) is 1.90. The molecule has 19 heavy (non-hydrogen) atoms. The van der Waals surface area contributed by atoms with Gasteiger partial charge in [-0.05, 0) is 6.07 Å². The predicted octanol–water partition coefficient (Wildman–Crippen LogP) is 2.11. The van der Waals surface area contributed by atoms with E-state index in [0.717, 1.165) is 0 Å². The van der Waals surface area contributed by atoms with Gasteiger partial charge in [-0.1, -0.05) is 11.6 Å². The van der Waals surface area contributed by atoms with Gasteiger partial charge in [-0.3, -0.25) is 10.1 Å². The lowest BCUT2D eigenvalue weighted by atomic mass is 10.3. The number of ether oxygens (including phenoxy) is 1. The second-order valence-corrected chi connectivity index (χ2v) is 4.36. The van der Waals surface area contributed by atoms with Crippen molar-refractivity contribution in [1.29, 1.82) is 0 Å². The number of hydrogen-bond donors (Lipinski definition) is 1. The van der Waals surface area contributed by atoms with Gasteiger partial charge >= 0.3 is 6.03 Å². The summed E-state index contributed by atoms with van der Waals surface area (Å²) in [7, 11) is 0. The molecule has 1 aromatic carbocycles. The Labute approximate surface area is 114 Å². The molecule has 0 atom stereocenters. The SMILES string of the molecule is O=C(Nc1ccc([N+](=O)[O-])cc1Cl)N1CCOCC1. The molecule has 1 aromatic rings. The Balaban J connectivity index is 2.06. The fraction of sp³-hybridized carbons (Fsp3) is 0.364. The van der Waals surface area contributed by atoms with Gasteiger partial charge in [-0.15, -0.1) is 0 Å². The molecule has 0 spiro atoms. The standard InChI is InChI=1S/C11H12ClN3O4/c12-9-7-8(15(17)18)1-2-10(9)13-11(16)14-3-5-19-6-4-14/h1-2,7H,3-6H2,(H,13,16). The Morgan fingerprint density at radius 2 is 2.11 bits per heavy atom. The van der Waals surface area contributed by atoms with Crippen LogP contribution in [0.2, 0.25) is 5.02 Å². The van der Waals surface area contributed by atoms with Crippen molar-refractivity contribution in [3.8, 4) is 0 Å². The van der Waals surface area contributed by atoms with E-state index in [1.165, 1.54) is 18.2 Å². The number of benzene rings is 1. The van der Waals surface area contributed by atoms with Crippen LogP contribution in [-0.2, 0) is 4.74 Å². The normalized spacial score (nSPS) is 15.1. The molecule has 7 nitrogen and oxygen atoms in total. The summed E-state index contributed by atoms with van der Waals surface area (Å²) in [4.78, 5) is 23.5. The molecule has 2 amide bonds. The lowest BCUT2D eigenvalue weighted by Crippen LogP contribution is -2.43. The van der Waals surface area contributed by atoms with Gasteiger partial charge in [0, 0.05) is 25.2 Å². The van der Waals surface area contributed by atoms with Gasteiger partial charge < -0.3 is 15.0 Å². The molecule has 1 aliphatic heterocycles. The van der Waals surface area contributed by atoms with E-state index in [2.05, 4.69) is 5.32 Å². The number of nitrogens with one attached hydrogen (secondary N) is 1. The second kappa shape index (κ2) is 5.85. The summed E-state index contributed by atoms with van der Waals surface area (Å²) < 4.78 is 5.14. The van der Waals surface area contributed by atoms with Gasteiger partial charge in [-0.2, -0.15) is 0 Å². The van der Waals surface area contributed by atoms with Crippen LogP contribution in [0.15, 0.2) is 18.2 Å². The highest BCUT2D eigenvalue weighted by atomic mass is 35.5. The molecule has 1 fully saturated rings. The number of anilines is 1. The minimum Gasteiger partial charge on any atom is -0.378 e. The van der Waals surface area contributed by atoms with Gasteiger partial charge in [0.25, 0.3) is 5.69 Å². The van der Waals surface area contributed by atoms with Crippen molar-refractivity contribution in [1.82, 2.24) is 4.90 Å². The van der Waals surface area contributed by atoms with Crippen molar-refractivity contribution < 1.29 is 14.5 Å². The molecule has 1 saturated heterocycles. The molecular formula is C11H12ClN3O4. The first kappa shape index (κ1) is 13.6. The van der Waals surface area contributed by atoms with Crippen LogP contribution in [0.5, 0.6) is 0 Å². The lowest BCUT2D eigenvalue weighted by Gasteiger charge is -2.27. The topological polar surface area (TPSA) is 84.7 Å². The van der Waals surface area contributed by atoms with E-state index < -0.39 is 4.92 Å². The number of nitro benzene ring substituents is 1. The molecule has 0 radical (unpaired) electrons. The molecule has 1 heterocycles. The highest BCUT2D eigenvalue weighted by molar-refractivity contribution is 6.33. The molecule has 0 unspecified atom stereocenters. The molecule has 1 N–H and O–H groups in total. The maximum atomic E-state index is 11.9. The quantitative estimate of drug-likeness (QED) is 0.666. The summed E-state index contributed by atoms with van der Waals surface area (Å²) in [6.45, 7) is 2.02. The average molecular weight is 286 g/mol. The molecule has 0 bridgehead atoms. The van der Waals surface area contributed by atoms with Gasteiger partial charge in [-0.25, -0.2) is 4.79 Å². The molecule has 1 aliphatic rings. The summed E-state index contributed by atoms with van der Waals surface area (Å²) >= 11 is 5.89. The molecule has 102 valence electrons. The van der Waals surface area contributed by atoms with E-state index in [-0.39, 0.29) is 16.7 Å². The molecule has 0 aromatic heterocycles. The molecule has 8 heteroatoms. The van der Waals surface area contributed by atoms with Crippen molar-refractivity contribution in [2.45, 2.75) is 0 Å². The predicted molar refractivity (Wildman–Crippen MR) is 69.5 cm³/mol. The van der Waals surface area contributed by atoms with Crippen LogP contribution in [0.3, 0.4) is 0 Å². The number of halogens is 1. The minimum absolute atomic E-state index is 0.116. The zero-order chi connectivity index (χ0) is 13.8. The van der Waals surface area contributed by atoms with Gasteiger partial charge in [0.1, 0.15) is 0 Å². The first-order valence-corrected chi connectivity index (χ1v) is 6.03. The zero-order valence-corrected chi connectivity index (χ0v) is 10.7. The summed E-state index contributed by atoms with van der Waals surface area (Å²) in [6, 6.07) is 3.62. The monoisotopic (exact) mass is 285 g/mol. The van der Waals surface area contributed by atoms with Crippen LogP contribution in [0, 0.1) is 10.1 Å². The van der Waals surface area contributed by atoms with Crippen LogP contribution in [0.4, 0.5) is 16.2 Å². The maximum absolute atomic E-state index is 11.9. The largest absolute Gasteiger partial charge is 0.378 e. The van der Waals surface area contributed by atoms with Crippen molar-refractivity contribution in [3.05, 3.63) is 33.3 Å². The first-order chi connectivity index (χ1) is 9.08. The van der Waals surface area contributed by atoms with Gasteiger partial charge in [0.15, 0.2) is 0 Å². The molecule has 2 rings (SSSR count). The number of hydrogen-bond acceptors (Lipinski definition) is 4. The van der Waals surface area contributed by atoms with E-state index in [4.69, 9.17) is 16.3 Å². The summed E-state index contributed by atoms with van der Waals surface area (Å²) in [5.41, 5.74) is 0.234. The van der Waals surface area contributed by atoms with Crippen molar-refractivity contribution in [3.63, 3.8) is 0 Å². The van der Waals surface area contributed by atoms with Crippen molar-refractivity contribution in [2.75, 3.05) is 31.6 Å². The van der Waals surface area contributed by atoms with E-state index in [1.54, 1.807) is 4.90 Å². The Morgan fingerprint density at radius 3 is 2.68 bits per heavy atom. The number of rotatable bonds is 2. The third-order valence-corrected chi connectivity index (χ3v) is 3.02. The minimum atomic E-state index is -0.542. The number of amides is 2. The first-order valence-electron chi connectivity index (χ1n) is 5.65. The highest BCUT2D eigenvalue weighted by Gasteiger charge is 2.18. The van der Waals surface area contributed by atoms with E-state index in [9.17, 15) is 14.9 Å². The van der Waals surface area contributed by atoms with Crippen LogP contribution in [0.1, 0.15) is 0 Å². The van der Waals surface area contributed by atoms with Crippen LogP contribution in [-0.4, -0.2) is 42.2 Å². The average Bonchev–Trinajstić information content (AvgIpc) is 2.41. The number of non-ortho nitro benzene ring substituents is 1. The number of urea groups is 1. The fourth-order valence-electron chi connectivity index (χ4n) is 1.68. The second-order valence-electron chi connectivity index (χ2n) is 3.95. The Morgan fingerprint density at radius 1 is 1.42 bits per heavy atom. The smallest absolute Gasteiger partial charge is 0.322 e. The Bertz CT molecular complexity index is 503. The summed E-state index contributed by atoms with van der Waals surface area (Å²) in [5, 5.41) is 13.3. The highest BCUT2D eigenvalue weighted by Crippen LogP contribution is 2.26. The number of nitro groups is 1. The van der Waals surface area contributed by atoms with E-state index >= 15 is 0 Å². The number of morpholine rings is 1. The molecule has 0 aliphatic carbocycles. The summed E-state index contributed by atoms with van der Waals surface area (Å²) in [5.74, 6) is 0. The zero-order valence-electron chi connectivity index (χ0n) is 9.97. The Kier molecular flexibility index (Phi) is 4.18. The third kappa shape index (κ3) is 3.33. The molecule has 0 saturated carbocycles. The number of nitrogens with zero attached hydrogens (tertiary/aromatic N) is 2.